The van der Waals surface area contributed by atoms with Crippen LogP contribution >= 0.6 is 0 Å². The molecule has 2 aromatic carbocycles. The molecule has 0 atom stereocenters. The Labute approximate surface area is 291 Å². The van der Waals surface area contributed by atoms with Crippen LogP contribution in [0.5, 0.6) is 0 Å². The molecule has 0 aliphatic carbocycles. The van der Waals surface area contributed by atoms with Gasteiger partial charge in [-0.2, -0.15) is 0 Å². The Morgan fingerprint density at radius 3 is 1.14 bits per heavy atom. The first-order chi connectivity index (χ1) is 14.9. The molecule has 0 bridgehead atoms. The van der Waals surface area contributed by atoms with Crippen LogP contribution in [0.1, 0.15) is 17.2 Å². The third-order valence-electron chi connectivity index (χ3n) is 3.03. The van der Waals surface area contributed by atoms with E-state index in [0.29, 0.717) is 0 Å². The summed E-state index contributed by atoms with van der Waals surface area (Å²) in [5.41, 5.74) is 2.40. The number of rotatable bonds is 6. The molecule has 0 N–H and O–H groups in total. The minimum atomic E-state index is 0. The summed E-state index contributed by atoms with van der Waals surface area (Å²) in [7, 11) is 4.12. The summed E-state index contributed by atoms with van der Waals surface area (Å²) in [6, 6.07) is 20.8. The minimum Gasteiger partial charge on any atom is -0.444 e. The zero-order valence-corrected chi connectivity index (χ0v) is 28.7. The molecule has 172 valence electrons. The third kappa shape index (κ3) is 38.6. The zero-order valence-electron chi connectivity index (χ0n) is 20.7. The van der Waals surface area contributed by atoms with Gasteiger partial charge in [-0.15, -0.1) is 21.4 Å². The molecule has 2 rings (SSSR count). The van der Waals surface area contributed by atoms with Gasteiger partial charge in [-0.3, -0.25) is 0 Å². The number of ether oxygens (including phenoxy) is 1. The number of hydrogen-bond donors (Lipinski definition) is 0. The van der Waals surface area contributed by atoms with Gasteiger partial charge < -0.3 is 50.1 Å². The van der Waals surface area contributed by atoms with Gasteiger partial charge in [-0.25, -0.2) is 0 Å². The predicted octanol–water partition coefficient (Wildman–Crippen LogP) is -7.63. The minimum absolute atomic E-state index is 0. The van der Waals surface area contributed by atoms with Crippen LogP contribution in [0.2, 0.25) is 0 Å². The molecular formula is C17H21N5Na4O9. The van der Waals surface area contributed by atoms with Crippen LogP contribution in [0, 0.1) is 40.5 Å². The first-order valence-corrected chi connectivity index (χ1v) is 8.09. The average molecular weight is 531 g/mol. The molecule has 35 heavy (non-hydrogen) atoms. The van der Waals surface area contributed by atoms with Gasteiger partial charge in [0.1, 0.15) is 6.10 Å². The second kappa shape index (κ2) is 44.0. The van der Waals surface area contributed by atoms with Crippen LogP contribution in [-0.2, 0) is 4.74 Å². The van der Waals surface area contributed by atoms with Crippen molar-refractivity contribution in [2.24, 2.45) is 21.4 Å². The predicted molar refractivity (Wildman–Crippen MR) is 116 cm³/mol. The third-order valence-corrected chi connectivity index (χ3v) is 3.03. The van der Waals surface area contributed by atoms with Crippen LogP contribution in [0.3, 0.4) is 0 Å². The van der Waals surface area contributed by atoms with Gasteiger partial charge in [-0.05, 0) is 25.2 Å². The van der Waals surface area contributed by atoms with E-state index >= 15 is 0 Å². The maximum Gasteiger partial charge on any atom is 1.00 e. The van der Waals surface area contributed by atoms with Gasteiger partial charge >= 0.3 is 118 Å². The van der Waals surface area contributed by atoms with E-state index in [2.05, 4.69) is 67.5 Å². The van der Waals surface area contributed by atoms with Crippen molar-refractivity contribution in [3.05, 3.63) is 112 Å². The Balaban J connectivity index is -0.0000000840. The van der Waals surface area contributed by atoms with Crippen LogP contribution in [-0.4, -0.2) is 32.1 Å². The van der Waals surface area contributed by atoms with Crippen LogP contribution < -0.4 is 118 Å². The van der Waals surface area contributed by atoms with Crippen LogP contribution in [0.4, 0.5) is 0 Å². The summed E-state index contributed by atoms with van der Waals surface area (Å²) in [5.74, 6) is 0. The molecule has 0 fully saturated rings. The van der Waals surface area contributed by atoms with Crippen molar-refractivity contribution in [2.75, 3.05) is 27.2 Å². The van der Waals surface area contributed by atoms with E-state index in [9.17, 15) is 0 Å². The summed E-state index contributed by atoms with van der Waals surface area (Å²) in [4.78, 5) is 34.1. The Morgan fingerprint density at radius 1 is 0.657 bits per heavy atom. The maximum atomic E-state index is 8.00. The number of benzene rings is 2. The Hall–Kier alpha value is -0.0400. The topological polar surface area (TPSA) is 222 Å². The van der Waals surface area contributed by atoms with Crippen molar-refractivity contribution in [3.8, 4) is 0 Å². The van der Waals surface area contributed by atoms with E-state index in [1.807, 2.05) is 12.1 Å². The molecule has 0 saturated carbocycles. The monoisotopic (exact) mass is 531 g/mol. The molecule has 0 heterocycles. The summed E-state index contributed by atoms with van der Waals surface area (Å²) < 4.78 is 6.08. The molecule has 0 amide bonds. The van der Waals surface area contributed by atoms with E-state index in [1.165, 1.54) is 11.1 Å². The van der Waals surface area contributed by atoms with Crippen LogP contribution in [0.25, 0.3) is 0 Å². The van der Waals surface area contributed by atoms with Gasteiger partial charge in [0.15, 0.2) is 0 Å². The van der Waals surface area contributed by atoms with Crippen molar-refractivity contribution < 1.29 is 123 Å². The van der Waals surface area contributed by atoms with E-state index in [1.54, 1.807) is 0 Å². The standard InChI is InChI=1S/C17H21NO.4HNO2.4Na/c1-18(2)13-14-19-17(15-9-5-3-6-10-15)16-11-7-4-8-12-16;4*2-1-3;;;;/h3-12,17H,13-14H2,1-2H3;4*(H,2,3);;;;/q;;;;;4*+1/p-4. The SMILES string of the molecule is CN(C)CCOC(c1ccccc1)c1ccccc1.O=N[O-].O=N[O-].O=N[O-].O=N[O-].[Na+].[Na+].[Na+].[Na+]. The molecular weight excluding hydrogens is 510 g/mol. The summed E-state index contributed by atoms with van der Waals surface area (Å²) >= 11 is 0. The van der Waals surface area contributed by atoms with E-state index in [-0.39, 0.29) is 124 Å². The normalized spacial score (nSPS) is 7.43. The molecule has 0 spiro atoms. The zero-order chi connectivity index (χ0) is 24.3. The molecule has 14 nitrogen and oxygen atoms in total. The van der Waals surface area contributed by atoms with Crippen molar-refractivity contribution in [1.29, 1.82) is 0 Å². The number of likely N-dealkylation sites (N-methyl/N-ethyl adjacent to an activating group) is 1. The molecule has 0 aliphatic rings. The maximum absolute atomic E-state index is 8.00. The fraction of sp³-hybridized carbons (Fsp3) is 0.294. The van der Waals surface area contributed by atoms with Crippen molar-refractivity contribution in [1.82, 2.24) is 4.90 Å². The van der Waals surface area contributed by atoms with Crippen molar-refractivity contribution >= 4 is 0 Å². The van der Waals surface area contributed by atoms with Gasteiger partial charge in [0.25, 0.3) is 0 Å². The quantitative estimate of drug-likeness (QED) is 0.194. The van der Waals surface area contributed by atoms with E-state index in [0.717, 1.165) is 34.5 Å². The first kappa shape index (κ1) is 51.6. The molecule has 0 saturated heterocycles. The molecule has 0 aromatic heterocycles. The Kier molecular flexibility index (Phi) is 64.8. The summed E-state index contributed by atoms with van der Waals surface area (Å²) in [5, 5.41) is 36.0. The molecule has 0 aliphatic heterocycles. The Morgan fingerprint density at radius 2 is 0.914 bits per heavy atom. The summed E-state index contributed by atoms with van der Waals surface area (Å²) in [6.07, 6.45) is 0.0161. The van der Waals surface area contributed by atoms with E-state index in [4.69, 9.17) is 45.2 Å². The summed E-state index contributed by atoms with van der Waals surface area (Å²) in [6.45, 7) is 1.65. The molecule has 2 aromatic rings. The van der Waals surface area contributed by atoms with E-state index < -0.39 is 0 Å². The first-order valence-electron chi connectivity index (χ1n) is 8.09. The molecule has 0 unspecified atom stereocenters. The van der Waals surface area contributed by atoms with Gasteiger partial charge in [-0.1, -0.05) is 60.7 Å². The fourth-order valence-corrected chi connectivity index (χ4v) is 1.99. The largest absolute Gasteiger partial charge is 1.00 e. The average Bonchev–Trinajstić information content (AvgIpc) is 2.75. The van der Waals surface area contributed by atoms with Crippen molar-refractivity contribution in [3.63, 3.8) is 0 Å². The van der Waals surface area contributed by atoms with Gasteiger partial charge in [0.05, 0.1) is 6.61 Å². The Bertz CT molecular complexity index is 618. The van der Waals surface area contributed by atoms with Gasteiger partial charge in [0, 0.05) is 6.54 Å². The van der Waals surface area contributed by atoms with Gasteiger partial charge in [0.2, 0.25) is 0 Å². The van der Waals surface area contributed by atoms with Crippen LogP contribution in [0.15, 0.2) is 82.0 Å². The van der Waals surface area contributed by atoms with Crippen molar-refractivity contribution in [2.45, 2.75) is 6.10 Å². The fourth-order valence-electron chi connectivity index (χ4n) is 1.99. The second-order valence-corrected chi connectivity index (χ2v) is 5.17. The molecule has 0 radical (unpaired) electrons. The molecule has 18 heteroatoms. The number of nitrogens with zero attached hydrogens (tertiary/aromatic N) is 5. The second-order valence-electron chi connectivity index (χ2n) is 5.17. The number of hydrogen-bond acceptors (Lipinski definition) is 14. The smallest absolute Gasteiger partial charge is 0.444 e.